The van der Waals surface area contributed by atoms with Crippen LogP contribution in [0.2, 0.25) is 0 Å². The molecular formula is C14H18N2O2. The lowest BCUT2D eigenvalue weighted by molar-refractivity contribution is 0.162. The molecule has 0 radical (unpaired) electrons. The minimum absolute atomic E-state index is 0.144. The maximum Gasteiger partial charge on any atom is 0.134 e. The standard InChI is InChI=1S/C14H18N2O2/c1-9-10-4-2-3-5-13(10)18-14(9)8-16-6-11(15)12(17)7-16/h2-5,11-12,17H,6-8,15H2,1H3/t11-,12-/m1/s1. The van der Waals surface area contributed by atoms with Crippen LogP contribution in [0.3, 0.4) is 0 Å². The summed E-state index contributed by atoms with van der Waals surface area (Å²) in [7, 11) is 0. The highest BCUT2D eigenvalue weighted by Gasteiger charge is 2.29. The van der Waals surface area contributed by atoms with Gasteiger partial charge in [-0.1, -0.05) is 18.2 Å². The molecule has 1 aliphatic rings. The van der Waals surface area contributed by atoms with E-state index in [1.54, 1.807) is 0 Å². The third kappa shape index (κ3) is 1.92. The summed E-state index contributed by atoms with van der Waals surface area (Å²) in [6.45, 7) is 4.13. The molecule has 3 rings (SSSR count). The summed E-state index contributed by atoms with van der Waals surface area (Å²) in [5.74, 6) is 0.970. The molecule has 1 aliphatic heterocycles. The van der Waals surface area contributed by atoms with Crippen LogP contribution in [0.4, 0.5) is 0 Å². The van der Waals surface area contributed by atoms with Crippen molar-refractivity contribution < 1.29 is 9.52 Å². The van der Waals surface area contributed by atoms with E-state index in [0.717, 1.165) is 23.3 Å². The third-order valence-electron chi connectivity index (χ3n) is 3.72. The zero-order valence-corrected chi connectivity index (χ0v) is 10.5. The van der Waals surface area contributed by atoms with Gasteiger partial charge < -0.3 is 15.3 Å². The highest BCUT2D eigenvalue weighted by molar-refractivity contribution is 5.81. The van der Waals surface area contributed by atoms with Gasteiger partial charge in [-0.05, 0) is 18.6 Å². The Balaban J connectivity index is 1.85. The van der Waals surface area contributed by atoms with Gasteiger partial charge in [-0.2, -0.15) is 0 Å². The van der Waals surface area contributed by atoms with Gasteiger partial charge in [-0.25, -0.2) is 0 Å². The van der Waals surface area contributed by atoms with Crippen LogP contribution in [0.5, 0.6) is 0 Å². The number of nitrogens with two attached hydrogens (primary N) is 1. The fourth-order valence-electron chi connectivity index (χ4n) is 2.60. The summed E-state index contributed by atoms with van der Waals surface area (Å²) in [6.07, 6.45) is -0.422. The number of furan rings is 1. The van der Waals surface area contributed by atoms with Crippen molar-refractivity contribution in [2.75, 3.05) is 13.1 Å². The van der Waals surface area contributed by atoms with Crippen LogP contribution in [-0.2, 0) is 6.54 Å². The van der Waals surface area contributed by atoms with Crippen LogP contribution in [0.15, 0.2) is 28.7 Å². The predicted molar refractivity (Wildman–Crippen MR) is 70.2 cm³/mol. The van der Waals surface area contributed by atoms with Crippen LogP contribution in [0, 0.1) is 6.92 Å². The number of hydrogen-bond donors (Lipinski definition) is 2. The molecular weight excluding hydrogens is 228 g/mol. The second-order valence-corrected chi connectivity index (χ2v) is 5.07. The number of nitrogens with zero attached hydrogens (tertiary/aromatic N) is 1. The van der Waals surface area contributed by atoms with Gasteiger partial charge in [-0.3, -0.25) is 4.90 Å². The highest BCUT2D eigenvalue weighted by atomic mass is 16.3. The fraction of sp³-hybridized carbons (Fsp3) is 0.429. The minimum atomic E-state index is -0.422. The summed E-state index contributed by atoms with van der Waals surface area (Å²) in [6, 6.07) is 7.91. The normalized spacial score (nSPS) is 25.1. The van der Waals surface area contributed by atoms with E-state index in [4.69, 9.17) is 10.2 Å². The van der Waals surface area contributed by atoms with E-state index < -0.39 is 6.10 Å². The number of fused-ring (bicyclic) bond motifs is 1. The Bertz CT molecular complexity index is 554. The highest BCUT2D eigenvalue weighted by Crippen LogP contribution is 2.26. The van der Waals surface area contributed by atoms with Gasteiger partial charge in [0.15, 0.2) is 0 Å². The topological polar surface area (TPSA) is 62.6 Å². The number of β-amino-alcohol motifs (C(OH)–C–C–N with tert-alkyl or cyclic N) is 1. The fourth-order valence-corrected chi connectivity index (χ4v) is 2.60. The first-order chi connectivity index (χ1) is 8.65. The van der Waals surface area contributed by atoms with Crippen molar-refractivity contribution in [1.29, 1.82) is 0 Å². The quantitative estimate of drug-likeness (QED) is 0.837. The SMILES string of the molecule is Cc1c(CN2C[C@@H](N)[C@H](O)C2)oc2ccccc12. The monoisotopic (exact) mass is 246 g/mol. The van der Waals surface area contributed by atoms with Gasteiger partial charge in [-0.15, -0.1) is 0 Å². The molecule has 18 heavy (non-hydrogen) atoms. The number of benzene rings is 1. The van der Waals surface area contributed by atoms with Gasteiger partial charge >= 0.3 is 0 Å². The average molecular weight is 246 g/mol. The van der Waals surface area contributed by atoms with E-state index in [9.17, 15) is 5.11 Å². The maximum absolute atomic E-state index is 9.66. The first kappa shape index (κ1) is 11.7. The zero-order chi connectivity index (χ0) is 12.7. The Morgan fingerprint density at radius 2 is 2.17 bits per heavy atom. The van der Waals surface area contributed by atoms with E-state index in [-0.39, 0.29) is 6.04 Å². The smallest absolute Gasteiger partial charge is 0.134 e. The predicted octanol–water partition coefficient (Wildman–Crippen LogP) is 1.25. The van der Waals surface area contributed by atoms with Crippen molar-refractivity contribution in [3.8, 4) is 0 Å². The summed E-state index contributed by atoms with van der Waals surface area (Å²) < 4.78 is 5.87. The van der Waals surface area contributed by atoms with Gasteiger partial charge in [0.2, 0.25) is 0 Å². The molecule has 96 valence electrons. The first-order valence-corrected chi connectivity index (χ1v) is 6.28. The third-order valence-corrected chi connectivity index (χ3v) is 3.72. The Labute approximate surface area is 106 Å². The van der Waals surface area contributed by atoms with E-state index in [1.165, 1.54) is 5.56 Å². The largest absolute Gasteiger partial charge is 0.459 e. The Kier molecular flexibility index (Phi) is 2.86. The van der Waals surface area contributed by atoms with Crippen LogP contribution >= 0.6 is 0 Å². The molecule has 1 aromatic carbocycles. The van der Waals surface area contributed by atoms with Gasteiger partial charge in [0, 0.05) is 24.5 Å². The van der Waals surface area contributed by atoms with E-state index >= 15 is 0 Å². The summed E-state index contributed by atoms with van der Waals surface area (Å²) in [4.78, 5) is 2.14. The zero-order valence-electron chi connectivity index (χ0n) is 10.5. The van der Waals surface area contributed by atoms with Gasteiger partial charge in [0.1, 0.15) is 11.3 Å². The van der Waals surface area contributed by atoms with Crippen molar-refractivity contribution in [3.63, 3.8) is 0 Å². The maximum atomic E-state index is 9.66. The molecule has 2 aromatic rings. The molecule has 4 nitrogen and oxygen atoms in total. The number of rotatable bonds is 2. The number of aryl methyl sites for hydroxylation is 1. The van der Waals surface area contributed by atoms with Gasteiger partial charge in [0.25, 0.3) is 0 Å². The number of likely N-dealkylation sites (tertiary alicyclic amines) is 1. The summed E-state index contributed by atoms with van der Waals surface area (Å²) in [5.41, 5.74) is 7.92. The molecule has 4 heteroatoms. The summed E-state index contributed by atoms with van der Waals surface area (Å²) in [5, 5.41) is 10.8. The van der Waals surface area contributed by atoms with Crippen LogP contribution in [0.25, 0.3) is 11.0 Å². The molecule has 1 fully saturated rings. The first-order valence-electron chi connectivity index (χ1n) is 6.28. The van der Waals surface area contributed by atoms with E-state index in [0.29, 0.717) is 13.1 Å². The van der Waals surface area contributed by atoms with Crippen molar-refractivity contribution in [2.45, 2.75) is 25.6 Å². The van der Waals surface area contributed by atoms with Crippen molar-refractivity contribution in [1.82, 2.24) is 4.90 Å². The van der Waals surface area contributed by atoms with Crippen molar-refractivity contribution in [3.05, 3.63) is 35.6 Å². The molecule has 2 heterocycles. The van der Waals surface area contributed by atoms with Crippen LogP contribution in [-0.4, -0.2) is 35.2 Å². The Morgan fingerprint density at radius 3 is 2.83 bits per heavy atom. The second-order valence-electron chi connectivity index (χ2n) is 5.07. The number of para-hydroxylation sites is 1. The lowest BCUT2D eigenvalue weighted by Crippen LogP contribution is -2.32. The number of hydrogen-bond acceptors (Lipinski definition) is 4. The lowest BCUT2D eigenvalue weighted by atomic mass is 10.1. The number of aliphatic hydroxyl groups excluding tert-OH is 1. The molecule has 0 spiro atoms. The number of aliphatic hydroxyl groups is 1. The molecule has 0 unspecified atom stereocenters. The Hall–Kier alpha value is -1.36. The Morgan fingerprint density at radius 1 is 1.39 bits per heavy atom. The molecule has 3 N–H and O–H groups in total. The van der Waals surface area contributed by atoms with Crippen LogP contribution in [0.1, 0.15) is 11.3 Å². The second kappa shape index (κ2) is 4.39. The molecule has 0 bridgehead atoms. The molecule has 0 aliphatic carbocycles. The summed E-state index contributed by atoms with van der Waals surface area (Å²) >= 11 is 0. The molecule has 2 atom stereocenters. The van der Waals surface area contributed by atoms with Crippen molar-refractivity contribution in [2.24, 2.45) is 5.73 Å². The van der Waals surface area contributed by atoms with Crippen molar-refractivity contribution >= 4 is 11.0 Å². The molecule has 0 amide bonds. The molecule has 0 saturated carbocycles. The molecule has 1 saturated heterocycles. The minimum Gasteiger partial charge on any atom is -0.459 e. The van der Waals surface area contributed by atoms with E-state index in [1.807, 2.05) is 18.2 Å². The van der Waals surface area contributed by atoms with Crippen LogP contribution < -0.4 is 5.73 Å². The molecule has 1 aromatic heterocycles. The van der Waals surface area contributed by atoms with E-state index in [2.05, 4.69) is 17.9 Å². The average Bonchev–Trinajstić information content (AvgIpc) is 2.83. The van der Waals surface area contributed by atoms with Gasteiger partial charge in [0.05, 0.1) is 12.6 Å². The lowest BCUT2D eigenvalue weighted by Gasteiger charge is -2.13.